The van der Waals surface area contributed by atoms with Crippen molar-refractivity contribution >= 4 is 34.2 Å². The molecule has 6 heterocycles. The number of anilines is 1. The maximum absolute atomic E-state index is 15.8. The minimum Gasteiger partial charge on any atom is -0.336 e. The fourth-order valence-corrected chi connectivity index (χ4v) is 7.84. The number of urea groups is 1. The van der Waals surface area contributed by atoms with Gasteiger partial charge in [0.25, 0.3) is 5.91 Å². The molecule has 4 aromatic heterocycles. The molecule has 2 aliphatic carbocycles. The van der Waals surface area contributed by atoms with Crippen molar-refractivity contribution in [1.29, 1.82) is 0 Å². The van der Waals surface area contributed by atoms with Crippen LogP contribution in [0.2, 0.25) is 0 Å². The molecule has 4 aliphatic rings. The zero-order chi connectivity index (χ0) is 31.3. The normalized spacial score (nSPS) is 22.5. The van der Waals surface area contributed by atoms with Crippen molar-refractivity contribution in [3.05, 3.63) is 71.7 Å². The molecule has 46 heavy (non-hydrogen) atoms. The van der Waals surface area contributed by atoms with Crippen molar-refractivity contribution in [3.63, 3.8) is 0 Å². The van der Waals surface area contributed by atoms with Crippen LogP contribution in [0.5, 0.6) is 0 Å². The lowest BCUT2D eigenvalue weighted by molar-refractivity contribution is 0.0699. The molecule has 9 rings (SSSR count). The van der Waals surface area contributed by atoms with Crippen LogP contribution in [-0.2, 0) is 6.54 Å². The number of piperidine rings is 1. The molecule has 2 bridgehead atoms. The molecule has 234 valence electrons. The lowest BCUT2D eigenvalue weighted by Crippen LogP contribution is -2.41. The second kappa shape index (κ2) is 10.1. The molecule has 2 aliphatic heterocycles. The second-order valence-corrected chi connectivity index (χ2v) is 13.4. The number of carbonyl (C=O) groups is 2. The van der Waals surface area contributed by atoms with Gasteiger partial charge in [-0.1, -0.05) is 12.1 Å². The van der Waals surface area contributed by atoms with E-state index in [1.807, 2.05) is 42.2 Å². The van der Waals surface area contributed by atoms with Crippen LogP contribution in [0.25, 0.3) is 39.2 Å². The van der Waals surface area contributed by atoms with E-state index in [4.69, 9.17) is 15.8 Å². The molecule has 2 saturated heterocycles. The van der Waals surface area contributed by atoms with Gasteiger partial charge in [-0.15, -0.1) is 0 Å². The number of pyridine rings is 2. The van der Waals surface area contributed by atoms with E-state index in [0.717, 1.165) is 71.5 Å². The Hall–Kier alpha value is -4.77. The summed E-state index contributed by atoms with van der Waals surface area (Å²) in [6.07, 6.45) is 5.93. The van der Waals surface area contributed by atoms with Gasteiger partial charge in [0.2, 0.25) is 0 Å². The average molecular weight is 619 g/mol. The van der Waals surface area contributed by atoms with Crippen LogP contribution < -0.4 is 16.0 Å². The molecule has 5 aromatic rings. The summed E-state index contributed by atoms with van der Waals surface area (Å²) in [6.45, 7) is 4.61. The van der Waals surface area contributed by atoms with E-state index in [9.17, 15) is 9.59 Å². The zero-order valence-electron chi connectivity index (χ0n) is 25.6. The van der Waals surface area contributed by atoms with Gasteiger partial charge in [0.15, 0.2) is 0 Å². The quantitative estimate of drug-likeness (QED) is 0.279. The number of aryl methyl sites for hydroxylation is 1. The van der Waals surface area contributed by atoms with Crippen molar-refractivity contribution in [2.24, 2.45) is 17.6 Å². The fraction of sp³-hybridized carbons (Fsp3) is 0.371. The van der Waals surface area contributed by atoms with Gasteiger partial charge < -0.3 is 20.5 Å². The van der Waals surface area contributed by atoms with Crippen LogP contribution in [0.15, 0.2) is 54.7 Å². The van der Waals surface area contributed by atoms with Gasteiger partial charge in [0.1, 0.15) is 22.7 Å². The Morgan fingerprint density at radius 2 is 1.91 bits per heavy atom. The number of nitrogens with one attached hydrogen (secondary N) is 1. The first-order valence-corrected chi connectivity index (χ1v) is 16.3. The molecular formula is C35H35FN8O2. The summed E-state index contributed by atoms with van der Waals surface area (Å²) >= 11 is 0. The highest BCUT2D eigenvalue weighted by Crippen LogP contribution is 2.39. The standard InChI is InChI=1S/C35H35FN8O2/c1-19-31(40-44-18-24(14-26(36)32(19)44)34(45)43-17-23-7-11-28(43)30(23)37)29-15-22-6-10-27(39-33(22)42(29)16-20-2-3-20)21-4-8-25(9-5-21)41-13-12-38-35(41)46/h4-6,8-10,14-15,18,20,23,28,30H,2-3,7,11-13,16-17,37H2,1H3,(H,38,46)/t23?,28?,30-/m1/s1. The average Bonchev–Trinajstić information content (AvgIpc) is 3.30. The Balaban J connectivity index is 1.09. The van der Waals surface area contributed by atoms with Gasteiger partial charge >= 0.3 is 6.03 Å². The highest BCUT2D eigenvalue weighted by atomic mass is 19.1. The minimum atomic E-state index is -0.462. The van der Waals surface area contributed by atoms with E-state index in [1.165, 1.54) is 10.6 Å². The predicted molar refractivity (Wildman–Crippen MR) is 173 cm³/mol. The Morgan fingerprint density at radius 3 is 2.61 bits per heavy atom. The number of hydrogen-bond acceptors (Lipinski definition) is 5. The molecule has 0 spiro atoms. The fourth-order valence-electron chi connectivity index (χ4n) is 7.84. The zero-order valence-corrected chi connectivity index (χ0v) is 25.6. The van der Waals surface area contributed by atoms with Gasteiger partial charge in [-0.05, 0) is 80.8 Å². The lowest BCUT2D eigenvalue weighted by atomic mass is 10.1. The van der Waals surface area contributed by atoms with Crippen molar-refractivity contribution in [2.45, 2.75) is 51.2 Å². The SMILES string of the molecule is Cc1c(-c2cc3ccc(-c4ccc(N5CCNC5=O)cc4)nc3n2CC2CC2)nn2cc(C(=O)N3CC4CCC3[C@@H]4N)cc(F)c12. The number of hydrogen-bond donors (Lipinski definition) is 2. The largest absolute Gasteiger partial charge is 0.336 e. The third kappa shape index (κ3) is 4.24. The maximum atomic E-state index is 15.8. The van der Waals surface area contributed by atoms with E-state index in [-0.39, 0.29) is 24.0 Å². The monoisotopic (exact) mass is 618 g/mol. The predicted octanol–water partition coefficient (Wildman–Crippen LogP) is 4.97. The summed E-state index contributed by atoms with van der Waals surface area (Å²) in [7, 11) is 0. The number of aromatic nitrogens is 4. The Bertz CT molecular complexity index is 2060. The number of nitrogens with zero attached hydrogens (tertiary/aromatic N) is 6. The maximum Gasteiger partial charge on any atom is 0.321 e. The van der Waals surface area contributed by atoms with Gasteiger partial charge in [-0.3, -0.25) is 9.69 Å². The highest BCUT2D eigenvalue weighted by molar-refractivity contribution is 5.96. The van der Waals surface area contributed by atoms with Gasteiger partial charge in [-0.2, -0.15) is 5.10 Å². The topological polar surface area (TPSA) is 114 Å². The first-order valence-electron chi connectivity index (χ1n) is 16.3. The third-order valence-electron chi connectivity index (χ3n) is 10.5. The molecule has 10 nitrogen and oxygen atoms in total. The number of halogens is 1. The number of nitrogens with two attached hydrogens (primary N) is 1. The molecule has 3 N–H and O–H groups in total. The Kier molecular flexibility index (Phi) is 6.06. The summed E-state index contributed by atoms with van der Waals surface area (Å²) in [6, 6.07) is 15.4. The van der Waals surface area contributed by atoms with Crippen LogP contribution in [0, 0.1) is 24.6 Å². The molecule has 2 saturated carbocycles. The summed E-state index contributed by atoms with van der Waals surface area (Å²) in [5, 5.41) is 8.71. The first-order chi connectivity index (χ1) is 22.3. The number of fused-ring (bicyclic) bond motifs is 4. The molecule has 4 fully saturated rings. The first kappa shape index (κ1) is 27.5. The number of likely N-dealkylation sites (tertiary alicyclic amines) is 1. The highest BCUT2D eigenvalue weighted by Gasteiger charge is 2.47. The minimum absolute atomic E-state index is 0.00361. The summed E-state index contributed by atoms with van der Waals surface area (Å²) < 4.78 is 19.5. The summed E-state index contributed by atoms with van der Waals surface area (Å²) in [4.78, 5) is 34.3. The number of amides is 3. The molecule has 0 radical (unpaired) electrons. The van der Waals surface area contributed by atoms with Crippen LogP contribution in [0.1, 0.15) is 41.6 Å². The van der Waals surface area contributed by atoms with Crippen LogP contribution in [0.4, 0.5) is 14.9 Å². The van der Waals surface area contributed by atoms with Gasteiger partial charge in [-0.25, -0.2) is 18.7 Å². The molecule has 11 heteroatoms. The van der Waals surface area contributed by atoms with E-state index < -0.39 is 5.82 Å². The number of benzene rings is 1. The van der Waals surface area contributed by atoms with E-state index >= 15 is 4.39 Å². The third-order valence-corrected chi connectivity index (χ3v) is 10.5. The van der Waals surface area contributed by atoms with Gasteiger partial charge in [0, 0.05) is 66.7 Å². The Morgan fingerprint density at radius 1 is 1.09 bits per heavy atom. The lowest BCUT2D eigenvalue weighted by Gasteiger charge is -2.27. The van der Waals surface area contributed by atoms with E-state index in [1.54, 1.807) is 11.1 Å². The van der Waals surface area contributed by atoms with Gasteiger partial charge in [0.05, 0.1) is 17.0 Å². The summed E-state index contributed by atoms with van der Waals surface area (Å²) in [5.41, 5.74) is 12.8. The molecule has 1 aromatic carbocycles. The summed E-state index contributed by atoms with van der Waals surface area (Å²) in [5.74, 6) is 0.234. The van der Waals surface area contributed by atoms with Crippen LogP contribution >= 0.6 is 0 Å². The Labute approximate surface area is 265 Å². The van der Waals surface area contributed by atoms with Crippen molar-refractivity contribution in [2.75, 3.05) is 24.5 Å². The molecular weight excluding hydrogens is 583 g/mol. The molecule has 3 amide bonds. The second-order valence-electron chi connectivity index (χ2n) is 13.4. The van der Waals surface area contributed by atoms with Crippen molar-refractivity contribution in [3.8, 4) is 22.6 Å². The number of carbonyl (C=O) groups excluding carboxylic acids is 2. The smallest absolute Gasteiger partial charge is 0.321 e. The molecule has 2 unspecified atom stereocenters. The van der Waals surface area contributed by atoms with Crippen molar-refractivity contribution in [1.82, 2.24) is 29.4 Å². The van der Waals surface area contributed by atoms with Crippen LogP contribution in [0.3, 0.4) is 0 Å². The van der Waals surface area contributed by atoms with Crippen LogP contribution in [-0.4, -0.2) is 67.7 Å². The van der Waals surface area contributed by atoms with Crippen molar-refractivity contribution < 1.29 is 14.0 Å². The number of rotatable bonds is 6. The molecule has 3 atom stereocenters. The van der Waals surface area contributed by atoms with E-state index in [2.05, 4.69) is 22.0 Å². The van der Waals surface area contributed by atoms with E-state index in [0.29, 0.717) is 48.2 Å².